The molecule has 0 saturated carbocycles. The number of anilines is 1. The van der Waals surface area contributed by atoms with Crippen LogP contribution < -0.4 is 4.90 Å². The van der Waals surface area contributed by atoms with Gasteiger partial charge in [-0.15, -0.1) is 11.8 Å². The molecule has 0 saturated heterocycles. The molecule has 1 aliphatic heterocycles. The van der Waals surface area contributed by atoms with Crippen LogP contribution in [0.4, 0.5) is 5.69 Å². The number of fused-ring (bicyclic) bond motifs is 1. The van der Waals surface area contributed by atoms with Crippen LogP contribution in [-0.2, 0) is 10.2 Å². The highest BCUT2D eigenvalue weighted by atomic mass is 32.2. The van der Waals surface area contributed by atoms with E-state index in [9.17, 15) is 4.79 Å². The van der Waals surface area contributed by atoms with E-state index in [0.29, 0.717) is 0 Å². The lowest BCUT2D eigenvalue weighted by atomic mass is 9.85. The predicted molar refractivity (Wildman–Crippen MR) is 93.8 cm³/mol. The van der Waals surface area contributed by atoms with Crippen molar-refractivity contribution in [3.05, 3.63) is 59.2 Å². The average Bonchev–Trinajstić information content (AvgIpc) is 2.69. The molecule has 0 aromatic heterocycles. The second-order valence-corrected chi connectivity index (χ2v) is 7.37. The quantitative estimate of drug-likeness (QED) is 0.786. The van der Waals surface area contributed by atoms with Crippen LogP contribution in [0.5, 0.6) is 0 Å². The monoisotopic (exact) mass is 311 g/mol. The van der Waals surface area contributed by atoms with E-state index < -0.39 is 5.41 Å². The molecule has 3 heteroatoms. The minimum atomic E-state index is -0.453. The van der Waals surface area contributed by atoms with E-state index in [-0.39, 0.29) is 5.91 Å². The third-order valence-corrected chi connectivity index (χ3v) is 5.76. The molecule has 1 heterocycles. The molecule has 2 aromatic rings. The van der Waals surface area contributed by atoms with E-state index in [4.69, 9.17) is 0 Å². The Morgan fingerprint density at radius 3 is 2.36 bits per heavy atom. The molecular formula is C19H21NOS. The van der Waals surface area contributed by atoms with Crippen molar-refractivity contribution in [2.75, 3.05) is 17.7 Å². The Morgan fingerprint density at radius 1 is 1.05 bits per heavy atom. The predicted octanol–water partition coefficient (Wildman–Crippen LogP) is 4.33. The van der Waals surface area contributed by atoms with Gasteiger partial charge in [0.05, 0.1) is 5.41 Å². The summed E-state index contributed by atoms with van der Waals surface area (Å²) in [4.78, 5) is 15.8. The van der Waals surface area contributed by atoms with Gasteiger partial charge in [0, 0.05) is 23.4 Å². The maximum Gasteiger partial charge on any atom is 0.238 e. The topological polar surface area (TPSA) is 20.3 Å². The highest BCUT2D eigenvalue weighted by molar-refractivity contribution is 7.99. The van der Waals surface area contributed by atoms with Crippen LogP contribution in [0.25, 0.3) is 0 Å². The average molecular weight is 311 g/mol. The Bertz CT molecular complexity index is 723. The molecular weight excluding hydrogens is 290 g/mol. The van der Waals surface area contributed by atoms with Crippen molar-refractivity contribution in [2.45, 2.75) is 31.1 Å². The molecule has 0 bridgehead atoms. The van der Waals surface area contributed by atoms with E-state index in [1.807, 2.05) is 7.05 Å². The first-order valence-corrected chi connectivity index (χ1v) is 8.49. The number of thioether (sulfide) groups is 1. The van der Waals surface area contributed by atoms with E-state index >= 15 is 0 Å². The normalized spacial score (nSPS) is 20.4. The highest BCUT2D eigenvalue weighted by Gasteiger charge is 2.45. The van der Waals surface area contributed by atoms with E-state index in [1.54, 1.807) is 16.7 Å². The summed E-state index contributed by atoms with van der Waals surface area (Å²) in [7, 11) is 1.87. The molecule has 0 aliphatic carbocycles. The second kappa shape index (κ2) is 5.47. The molecule has 1 atom stereocenters. The SMILES string of the molecule is Cc1ccc(SCC2(C)C(=O)N(C)c3ccc(C)cc32)cc1. The van der Waals surface area contributed by atoms with E-state index in [1.165, 1.54) is 16.0 Å². The summed E-state index contributed by atoms with van der Waals surface area (Å²) in [6, 6.07) is 14.8. The van der Waals surface area contributed by atoms with Gasteiger partial charge in [-0.05, 0) is 44.5 Å². The minimum Gasteiger partial charge on any atom is -0.314 e. The highest BCUT2D eigenvalue weighted by Crippen LogP contribution is 2.44. The molecule has 0 N–H and O–H groups in total. The van der Waals surface area contributed by atoms with Crippen molar-refractivity contribution in [2.24, 2.45) is 0 Å². The summed E-state index contributed by atoms with van der Waals surface area (Å²) >= 11 is 1.75. The zero-order valence-corrected chi connectivity index (χ0v) is 14.3. The van der Waals surface area contributed by atoms with Gasteiger partial charge in [-0.25, -0.2) is 0 Å². The fourth-order valence-electron chi connectivity index (χ4n) is 2.98. The summed E-state index contributed by atoms with van der Waals surface area (Å²) in [6.45, 7) is 6.24. The zero-order valence-electron chi connectivity index (χ0n) is 13.5. The molecule has 0 spiro atoms. The minimum absolute atomic E-state index is 0.188. The molecule has 2 nitrogen and oxygen atoms in total. The van der Waals surface area contributed by atoms with Crippen LogP contribution in [0.15, 0.2) is 47.4 Å². The molecule has 3 rings (SSSR count). The fourth-order valence-corrected chi connectivity index (χ4v) is 4.04. The van der Waals surface area contributed by atoms with E-state index in [0.717, 1.165) is 17.0 Å². The molecule has 1 unspecified atom stereocenters. The maximum atomic E-state index is 12.8. The summed E-state index contributed by atoms with van der Waals surface area (Å²) in [5.74, 6) is 0.947. The molecule has 22 heavy (non-hydrogen) atoms. The van der Waals surface area contributed by atoms with Crippen molar-refractivity contribution in [3.8, 4) is 0 Å². The van der Waals surface area contributed by atoms with Gasteiger partial charge in [0.15, 0.2) is 0 Å². The number of nitrogens with zero attached hydrogens (tertiary/aromatic N) is 1. The second-order valence-electron chi connectivity index (χ2n) is 6.32. The Hall–Kier alpha value is -1.74. The van der Waals surface area contributed by atoms with Gasteiger partial charge in [0.25, 0.3) is 0 Å². The van der Waals surface area contributed by atoms with Crippen LogP contribution in [0.3, 0.4) is 0 Å². The molecule has 1 amide bonds. The van der Waals surface area contributed by atoms with Gasteiger partial charge in [-0.1, -0.05) is 35.4 Å². The summed E-state index contributed by atoms with van der Waals surface area (Å²) in [5.41, 5.74) is 4.20. The number of carbonyl (C=O) groups is 1. The number of amides is 1. The smallest absolute Gasteiger partial charge is 0.238 e. The van der Waals surface area contributed by atoms with Gasteiger partial charge in [0.1, 0.15) is 0 Å². The first-order chi connectivity index (χ1) is 10.4. The van der Waals surface area contributed by atoms with Crippen LogP contribution in [0, 0.1) is 13.8 Å². The first-order valence-electron chi connectivity index (χ1n) is 7.50. The lowest BCUT2D eigenvalue weighted by molar-refractivity contribution is -0.121. The largest absolute Gasteiger partial charge is 0.314 e. The van der Waals surface area contributed by atoms with Crippen molar-refractivity contribution in [3.63, 3.8) is 0 Å². The Labute approximate surface area is 136 Å². The van der Waals surface area contributed by atoms with Gasteiger partial charge in [0.2, 0.25) is 5.91 Å². The number of likely N-dealkylation sites (N-methyl/N-ethyl adjacent to an activating group) is 1. The van der Waals surface area contributed by atoms with Crippen LogP contribution in [-0.4, -0.2) is 18.7 Å². The van der Waals surface area contributed by atoms with Crippen molar-refractivity contribution in [1.82, 2.24) is 0 Å². The number of aryl methyl sites for hydroxylation is 2. The fraction of sp³-hybridized carbons (Fsp3) is 0.316. The molecule has 0 radical (unpaired) electrons. The number of carbonyl (C=O) groups excluding carboxylic acids is 1. The third-order valence-electron chi connectivity index (χ3n) is 4.43. The standard InChI is InChI=1S/C19H21NOS/c1-13-5-8-15(9-6-13)22-12-19(3)16-11-14(2)7-10-17(16)20(4)18(19)21/h5-11H,12H2,1-4H3. The van der Waals surface area contributed by atoms with E-state index in [2.05, 4.69) is 63.2 Å². The molecule has 114 valence electrons. The number of hydrogen-bond acceptors (Lipinski definition) is 2. The summed E-state index contributed by atoms with van der Waals surface area (Å²) < 4.78 is 0. The summed E-state index contributed by atoms with van der Waals surface area (Å²) in [6.07, 6.45) is 0. The zero-order chi connectivity index (χ0) is 15.9. The van der Waals surface area contributed by atoms with Crippen LogP contribution in [0.2, 0.25) is 0 Å². The Balaban J connectivity index is 1.90. The lowest BCUT2D eigenvalue weighted by Crippen LogP contribution is -2.38. The summed E-state index contributed by atoms with van der Waals surface area (Å²) in [5, 5.41) is 0. The maximum absolute atomic E-state index is 12.8. The Morgan fingerprint density at radius 2 is 1.68 bits per heavy atom. The van der Waals surface area contributed by atoms with Crippen LogP contribution in [0.1, 0.15) is 23.6 Å². The molecule has 0 fully saturated rings. The van der Waals surface area contributed by atoms with Gasteiger partial charge in [-0.2, -0.15) is 0 Å². The third kappa shape index (κ3) is 2.44. The Kier molecular flexibility index (Phi) is 3.77. The van der Waals surface area contributed by atoms with Gasteiger partial charge in [-0.3, -0.25) is 4.79 Å². The first kappa shape index (κ1) is 15.2. The van der Waals surface area contributed by atoms with Crippen molar-refractivity contribution in [1.29, 1.82) is 0 Å². The van der Waals surface area contributed by atoms with Crippen molar-refractivity contribution < 1.29 is 4.79 Å². The van der Waals surface area contributed by atoms with Crippen molar-refractivity contribution >= 4 is 23.4 Å². The molecule has 2 aromatic carbocycles. The van der Waals surface area contributed by atoms with Crippen LogP contribution >= 0.6 is 11.8 Å². The lowest BCUT2D eigenvalue weighted by Gasteiger charge is -2.23. The number of benzene rings is 2. The molecule has 1 aliphatic rings. The number of rotatable bonds is 3. The van der Waals surface area contributed by atoms with Gasteiger partial charge >= 0.3 is 0 Å². The number of hydrogen-bond donors (Lipinski definition) is 0. The van der Waals surface area contributed by atoms with Gasteiger partial charge < -0.3 is 4.90 Å².